The summed E-state index contributed by atoms with van der Waals surface area (Å²) in [5, 5.41) is -3.82. The zero-order valence-corrected chi connectivity index (χ0v) is 10.4. The molecular formula is C13H15ClF2O. The number of halogens is 3. The second kappa shape index (κ2) is 6.10. The van der Waals surface area contributed by atoms with Crippen LogP contribution in [-0.2, 0) is 6.42 Å². The second-order valence-corrected chi connectivity index (χ2v) is 4.46. The molecule has 0 saturated carbocycles. The van der Waals surface area contributed by atoms with Gasteiger partial charge in [0.25, 0.3) is 0 Å². The van der Waals surface area contributed by atoms with E-state index < -0.39 is 11.2 Å². The third kappa shape index (κ3) is 4.43. The van der Waals surface area contributed by atoms with Gasteiger partial charge in [-0.3, -0.25) is 4.79 Å². The summed E-state index contributed by atoms with van der Waals surface area (Å²) in [6, 6.07) is 6.21. The van der Waals surface area contributed by atoms with E-state index in [0.717, 1.165) is 31.2 Å². The van der Waals surface area contributed by atoms with Crippen molar-refractivity contribution in [2.24, 2.45) is 0 Å². The molecule has 0 radical (unpaired) electrons. The molecule has 0 atom stereocenters. The molecule has 0 aliphatic rings. The molecule has 0 saturated heterocycles. The minimum absolute atomic E-state index is 0.0516. The van der Waals surface area contributed by atoms with Gasteiger partial charge in [-0.1, -0.05) is 44.0 Å². The molecule has 0 aliphatic carbocycles. The van der Waals surface area contributed by atoms with Gasteiger partial charge in [-0.25, -0.2) is 0 Å². The second-order valence-electron chi connectivity index (χ2n) is 3.98. The predicted molar refractivity (Wildman–Crippen MR) is 64.8 cm³/mol. The molecule has 0 unspecified atom stereocenters. The normalized spacial score (nSPS) is 11.5. The zero-order valence-electron chi connectivity index (χ0n) is 9.68. The lowest BCUT2D eigenvalue weighted by Crippen LogP contribution is -2.21. The summed E-state index contributed by atoms with van der Waals surface area (Å²) >= 11 is 4.68. The van der Waals surface area contributed by atoms with Crippen LogP contribution in [0.25, 0.3) is 0 Å². The molecule has 1 aromatic carbocycles. The molecule has 1 aromatic rings. The maximum Gasteiger partial charge on any atom is 0.384 e. The number of unbranched alkanes of at least 4 members (excludes halogenated alkanes) is 2. The van der Waals surface area contributed by atoms with Gasteiger partial charge in [-0.2, -0.15) is 8.78 Å². The molecule has 0 fully saturated rings. The quantitative estimate of drug-likeness (QED) is 0.420. The number of benzene rings is 1. The molecule has 0 amide bonds. The summed E-state index contributed by atoms with van der Waals surface area (Å²) in [7, 11) is 0. The van der Waals surface area contributed by atoms with Crippen LogP contribution in [-0.4, -0.2) is 11.2 Å². The third-order valence-corrected chi connectivity index (χ3v) is 2.71. The summed E-state index contributed by atoms with van der Waals surface area (Å²) in [5.74, 6) is -1.35. The fraction of sp³-hybridized carbons (Fsp3) is 0.462. The molecular weight excluding hydrogens is 246 g/mol. The number of Topliss-reactive ketones (excluding diaryl/α,β-unsaturated/α-hetero) is 1. The number of alkyl halides is 3. The van der Waals surface area contributed by atoms with E-state index in [4.69, 9.17) is 0 Å². The number of rotatable bonds is 6. The van der Waals surface area contributed by atoms with Crippen molar-refractivity contribution in [2.45, 2.75) is 38.0 Å². The summed E-state index contributed by atoms with van der Waals surface area (Å²) in [6.45, 7) is 2.12. The van der Waals surface area contributed by atoms with Crippen LogP contribution in [0.5, 0.6) is 0 Å². The monoisotopic (exact) mass is 260 g/mol. The number of carbonyl (C=O) groups is 1. The van der Waals surface area contributed by atoms with Crippen LogP contribution in [0.15, 0.2) is 24.3 Å². The number of hydrogen-bond acceptors (Lipinski definition) is 1. The summed E-state index contributed by atoms with van der Waals surface area (Å²) in [6.07, 6.45) is 4.24. The van der Waals surface area contributed by atoms with Crippen LogP contribution in [0.3, 0.4) is 0 Å². The number of ketones is 1. The van der Waals surface area contributed by atoms with Crippen molar-refractivity contribution < 1.29 is 13.6 Å². The Morgan fingerprint density at radius 2 is 1.82 bits per heavy atom. The molecule has 4 heteroatoms. The minimum atomic E-state index is -3.82. The van der Waals surface area contributed by atoms with Crippen molar-refractivity contribution in [1.29, 1.82) is 0 Å². The van der Waals surface area contributed by atoms with Gasteiger partial charge in [-0.15, -0.1) is 0 Å². The first kappa shape index (κ1) is 14.1. The van der Waals surface area contributed by atoms with Crippen molar-refractivity contribution in [2.75, 3.05) is 0 Å². The molecule has 0 aliphatic heterocycles. The Bertz CT molecular complexity index is 368. The molecule has 0 aromatic heterocycles. The highest BCUT2D eigenvalue weighted by atomic mass is 35.5. The first-order valence-electron chi connectivity index (χ1n) is 5.65. The Hall–Kier alpha value is -0.960. The van der Waals surface area contributed by atoms with Gasteiger partial charge in [0.05, 0.1) is 0 Å². The third-order valence-electron chi connectivity index (χ3n) is 2.54. The lowest BCUT2D eigenvalue weighted by Gasteiger charge is -2.07. The van der Waals surface area contributed by atoms with Gasteiger partial charge in [0, 0.05) is 5.56 Å². The standard InChI is InChI=1S/C13H15ClF2O/c1-2-3-4-5-10-6-8-11(9-7-10)12(17)13(14,15)16/h6-9H,2-5H2,1H3. The zero-order chi connectivity index (χ0) is 12.9. The molecule has 0 N–H and O–H groups in total. The van der Waals surface area contributed by atoms with Crippen molar-refractivity contribution in [3.05, 3.63) is 35.4 Å². The van der Waals surface area contributed by atoms with Crippen LogP contribution in [0, 0.1) is 0 Å². The van der Waals surface area contributed by atoms with E-state index in [-0.39, 0.29) is 5.56 Å². The fourth-order valence-corrected chi connectivity index (χ4v) is 1.67. The Labute approximate surface area is 105 Å². The van der Waals surface area contributed by atoms with E-state index in [2.05, 4.69) is 18.5 Å². The molecule has 0 bridgehead atoms. The number of carbonyl (C=O) groups excluding carboxylic acids is 1. The minimum Gasteiger partial charge on any atom is -0.286 e. The van der Waals surface area contributed by atoms with Crippen molar-refractivity contribution in [3.8, 4) is 0 Å². The summed E-state index contributed by atoms with van der Waals surface area (Å²) < 4.78 is 25.1. The molecule has 0 spiro atoms. The van der Waals surface area contributed by atoms with Crippen LogP contribution in [0.4, 0.5) is 8.78 Å². The van der Waals surface area contributed by atoms with E-state index in [1.54, 1.807) is 12.1 Å². The Morgan fingerprint density at radius 3 is 2.29 bits per heavy atom. The van der Waals surface area contributed by atoms with Crippen LogP contribution < -0.4 is 0 Å². The van der Waals surface area contributed by atoms with Crippen molar-refractivity contribution in [3.63, 3.8) is 0 Å². The molecule has 0 heterocycles. The van der Waals surface area contributed by atoms with Crippen molar-refractivity contribution >= 4 is 17.4 Å². The van der Waals surface area contributed by atoms with Gasteiger partial charge in [0.15, 0.2) is 0 Å². The number of aryl methyl sites for hydroxylation is 1. The first-order valence-corrected chi connectivity index (χ1v) is 6.03. The van der Waals surface area contributed by atoms with Gasteiger partial charge in [0.1, 0.15) is 0 Å². The highest BCUT2D eigenvalue weighted by Crippen LogP contribution is 2.24. The van der Waals surface area contributed by atoms with Crippen LogP contribution in [0.2, 0.25) is 0 Å². The highest BCUT2D eigenvalue weighted by molar-refractivity contribution is 6.35. The Morgan fingerprint density at radius 1 is 1.24 bits per heavy atom. The number of hydrogen-bond donors (Lipinski definition) is 0. The smallest absolute Gasteiger partial charge is 0.286 e. The SMILES string of the molecule is CCCCCc1ccc(C(=O)C(F)(F)Cl)cc1. The van der Waals surface area contributed by atoms with Gasteiger partial charge in [0.2, 0.25) is 5.78 Å². The topological polar surface area (TPSA) is 17.1 Å². The lowest BCUT2D eigenvalue weighted by molar-refractivity contribution is 0.0536. The summed E-state index contributed by atoms with van der Waals surface area (Å²) in [5.41, 5.74) is 0.997. The Kier molecular flexibility index (Phi) is 5.06. The average molecular weight is 261 g/mol. The van der Waals surface area contributed by atoms with E-state index in [1.807, 2.05) is 0 Å². The highest BCUT2D eigenvalue weighted by Gasteiger charge is 2.36. The fourth-order valence-electron chi connectivity index (χ4n) is 1.57. The van der Waals surface area contributed by atoms with Gasteiger partial charge in [-0.05, 0) is 30.0 Å². The Balaban J connectivity index is 2.65. The van der Waals surface area contributed by atoms with Crippen molar-refractivity contribution in [1.82, 2.24) is 0 Å². The molecule has 94 valence electrons. The van der Waals surface area contributed by atoms with E-state index >= 15 is 0 Å². The lowest BCUT2D eigenvalue weighted by atomic mass is 10.0. The average Bonchev–Trinajstić information content (AvgIpc) is 2.28. The van der Waals surface area contributed by atoms with Crippen LogP contribution >= 0.6 is 11.6 Å². The summed E-state index contributed by atoms with van der Waals surface area (Å²) in [4.78, 5) is 11.2. The largest absolute Gasteiger partial charge is 0.384 e. The molecule has 1 nitrogen and oxygen atoms in total. The maximum absolute atomic E-state index is 12.6. The van der Waals surface area contributed by atoms with Gasteiger partial charge >= 0.3 is 5.38 Å². The van der Waals surface area contributed by atoms with E-state index in [9.17, 15) is 13.6 Å². The molecule has 1 rings (SSSR count). The van der Waals surface area contributed by atoms with Gasteiger partial charge < -0.3 is 0 Å². The van der Waals surface area contributed by atoms with E-state index in [0.29, 0.717) is 0 Å². The van der Waals surface area contributed by atoms with E-state index in [1.165, 1.54) is 12.1 Å². The van der Waals surface area contributed by atoms with Crippen LogP contribution in [0.1, 0.15) is 42.1 Å². The molecule has 17 heavy (non-hydrogen) atoms. The maximum atomic E-state index is 12.6. The predicted octanol–water partition coefficient (Wildman–Crippen LogP) is 4.43. The first-order chi connectivity index (χ1) is 7.95.